The molecule has 0 bridgehead atoms. The highest BCUT2D eigenvalue weighted by Gasteiger charge is 2.17. The van der Waals surface area contributed by atoms with Crippen molar-refractivity contribution < 1.29 is 13.9 Å². The fraction of sp³-hybridized carbons (Fsp3) is 0.409. The molecule has 2 aromatic carbocycles. The minimum Gasteiger partial charge on any atom is -0.497 e. The number of benzene rings is 2. The van der Waals surface area contributed by atoms with E-state index in [1.807, 2.05) is 69.1 Å². The molecule has 0 heterocycles. The Labute approximate surface area is 172 Å². The standard InChI is InChI=1S/C22H31FN4O2/c1-15(2)27(5)20-11-10-17(13-19(20)23)25-22(28)24-14-21(26(3)4)16-8-7-9-18(12-16)29-6/h7-13,15,21H,14H2,1-6H3,(H2,24,25,28). The van der Waals surface area contributed by atoms with E-state index < -0.39 is 0 Å². The van der Waals surface area contributed by atoms with Crippen molar-refractivity contribution in [2.24, 2.45) is 0 Å². The van der Waals surface area contributed by atoms with Crippen LogP contribution >= 0.6 is 0 Å². The third-order valence-corrected chi connectivity index (χ3v) is 4.92. The predicted molar refractivity (Wildman–Crippen MR) is 116 cm³/mol. The number of halogens is 1. The maximum atomic E-state index is 14.4. The van der Waals surface area contributed by atoms with Crippen LogP contribution in [0.1, 0.15) is 25.5 Å². The maximum absolute atomic E-state index is 14.4. The number of hydrogen-bond acceptors (Lipinski definition) is 4. The molecule has 158 valence electrons. The summed E-state index contributed by atoms with van der Waals surface area (Å²) in [5.41, 5.74) is 1.93. The van der Waals surface area contributed by atoms with Gasteiger partial charge in [-0.25, -0.2) is 9.18 Å². The summed E-state index contributed by atoms with van der Waals surface area (Å²) < 4.78 is 19.7. The Hall–Kier alpha value is -2.80. The average Bonchev–Trinajstić information content (AvgIpc) is 2.67. The van der Waals surface area contributed by atoms with Gasteiger partial charge in [0.05, 0.1) is 18.8 Å². The molecule has 2 rings (SSSR count). The van der Waals surface area contributed by atoms with E-state index in [0.29, 0.717) is 17.9 Å². The van der Waals surface area contributed by atoms with Gasteiger partial charge >= 0.3 is 6.03 Å². The van der Waals surface area contributed by atoms with Crippen LogP contribution in [0.2, 0.25) is 0 Å². The van der Waals surface area contributed by atoms with Gasteiger partial charge in [0, 0.05) is 25.3 Å². The van der Waals surface area contributed by atoms with Crippen molar-refractivity contribution in [2.45, 2.75) is 25.9 Å². The molecule has 6 nitrogen and oxygen atoms in total. The minimum absolute atomic E-state index is 0.0327. The number of ether oxygens (including phenoxy) is 1. The molecule has 2 N–H and O–H groups in total. The molecule has 2 amide bonds. The fourth-order valence-electron chi connectivity index (χ4n) is 2.96. The molecular weight excluding hydrogens is 371 g/mol. The molecule has 1 unspecified atom stereocenters. The highest BCUT2D eigenvalue weighted by atomic mass is 19.1. The van der Waals surface area contributed by atoms with E-state index in [0.717, 1.165) is 11.3 Å². The highest BCUT2D eigenvalue weighted by molar-refractivity contribution is 5.89. The van der Waals surface area contributed by atoms with E-state index in [4.69, 9.17) is 4.74 Å². The van der Waals surface area contributed by atoms with Gasteiger partial charge in [0.2, 0.25) is 0 Å². The van der Waals surface area contributed by atoms with Gasteiger partial charge in [-0.05, 0) is 63.8 Å². The molecule has 0 aliphatic rings. The lowest BCUT2D eigenvalue weighted by Crippen LogP contribution is -2.37. The molecule has 2 aromatic rings. The number of hydrogen-bond donors (Lipinski definition) is 2. The third kappa shape index (κ3) is 6.09. The summed E-state index contributed by atoms with van der Waals surface area (Å²) in [5.74, 6) is 0.391. The number of likely N-dealkylation sites (N-methyl/N-ethyl adjacent to an activating group) is 1. The zero-order chi connectivity index (χ0) is 21.6. The Balaban J connectivity index is 2.01. The van der Waals surface area contributed by atoms with Crippen LogP contribution in [0.15, 0.2) is 42.5 Å². The first-order chi connectivity index (χ1) is 13.7. The van der Waals surface area contributed by atoms with Crippen molar-refractivity contribution in [3.63, 3.8) is 0 Å². The second-order valence-corrected chi connectivity index (χ2v) is 7.46. The minimum atomic E-state index is -0.385. The van der Waals surface area contributed by atoms with Crippen molar-refractivity contribution in [1.82, 2.24) is 10.2 Å². The normalized spacial score (nSPS) is 12.0. The number of nitrogens with zero attached hydrogens (tertiary/aromatic N) is 2. The number of methoxy groups -OCH3 is 1. The highest BCUT2D eigenvalue weighted by Crippen LogP contribution is 2.24. The molecule has 0 aromatic heterocycles. The summed E-state index contributed by atoms with van der Waals surface area (Å²) in [6, 6.07) is 12.2. The van der Waals surface area contributed by atoms with Crippen molar-refractivity contribution in [1.29, 1.82) is 0 Å². The molecule has 0 radical (unpaired) electrons. The first-order valence-electron chi connectivity index (χ1n) is 9.60. The molecule has 0 spiro atoms. The van der Waals surface area contributed by atoms with Gasteiger partial charge in [-0.1, -0.05) is 12.1 Å². The lowest BCUT2D eigenvalue weighted by Gasteiger charge is -2.26. The number of carbonyl (C=O) groups is 1. The van der Waals surface area contributed by atoms with Crippen LogP contribution in [0.5, 0.6) is 5.75 Å². The van der Waals surface area contributed by atoms with Crippen LogP contribution in [0.4, 0.5) is 20.6 Å². The second-order valence-electron chi connectivity index (χ2n) is 7.46. The Morgan fingerprint density at radius 1 is 1.14 bits per heavy atom. The number of urea groups is 1. The summed E-state index contributed by atoms with van der Waals surface area (Å²) >= 11 is 0. The molecule has 0 fully saturated rings. The van der Waals surface area contributed by atoms with Crippen LogP contribution in [-0.2, 0) is 0 Å². The van der Waals surface area contributed by atoms with Gasteiger partial charge in [0.15, 0.2) is 0 Å². The number of anilines is 2. The van der Waals surface area contributed by atoms with E-state index in [1.54, 1.807) is 19.2 Å². The summed E-state index contributed by atoms with van der Waals surface area (Å²) in [6.07, 6.45) is 0. The topological polar surface area (TPSA) is 56.8 Å². The molecule has 0 saturated carbocycles. The van der Waals surface area contributed by atoms with Gasteiger partial charge < -0.3 is 25.2 Å². The molecular formula is C22H31FN4O2. The third-order valence-electron chi connectivity index (χ3n) is 4.92. The molecule has 7 heteroatoms. The molecule has 29 heavy (non-hydrogen) atoms. The van der Waals surface area contributed by atoms with Crippen LogP contribution in [0.25, 0.3) is 0 Å². The van der Waals surface area contributed by atoms with Crippen molar-refractivity contribution in [2.75, 3.05) is 45.0 Å². The number of nitrogens with one attached hydrogen (secondary N) is 2. The zero-order valence-corrected chi connectivity index (χ0v) is 18.0. The lowest BCUT2D eigenvalue weighted by atomic mass is 10.1. The number of carbonyl (C=O) groups excluding carboxylic acids is 1. The van der Waals surface area contributed by atoms with Gasteiger partial charge in [-0.2, -0.15) is 0 Å². The van der Waals surface area contributed by atoms with Crippen molar-refractivity contribution >= 4 is 17.4 Å². The van der Waals surface area contributed by atoms with Crippen LogP contribution < -0.4 is 20.3 Å². The monoisotopic (exact) mass is 402 g/mol. The maximum Gasteiger partial charge on any atom is 0.319 e. The number of amides is 2. The van der Waals surface area contributed by atoms with E-state index in [1.165, 1.54) is 6.07 Å². The van der Waals surface area contributed by atoms with E-state index in [9.17, 15) is 9.18 Å². The Kier molecular flexibility index (Phi) is 7.84. The number of rotatable bonds is 8. The van der Waals surface area contributed by atoms with Gasteiger partial charge in [0.1, 0.15) is 11.6 Å². The molecule has 1 atom stereocenters. The quantitative estimate of drug-likeness (QED) is 0.698. The first-order valence-corrected chi connectivity index (χ1v) is 9.60. The van der Waals surface area contributed by atoms with E-state index >= 15 is 0 Å². The smallest absolute Gasteiger partial charge is 0.319 e. The molecule has 0 aliphatic carbocycles. The second kappa shape index (κ2) is 10.1. The van der Waals surface area contributed by atoms with Crippen molar-refractivity contribution in [3.05, 3.63) is 53.8 Å². The lowest BCUT2D eigenvalue weighted by molar-refractivity contribution is 0.243. The van der Waals surface area contributed by atoms with E-state index in [2.05, 4.69) is 10.6 Å². The molecule has 0 saturated heterocycles. The van der Waals surface area contributed by atoms with Crippen LogP contribution in [-0.4, -0.2) is 51.8 Å². The fourth-order valence-corrected chi connectivity index (χ4v) is 2.96. The molecule has 0 aliphatic heterocycles. The van der Waals surface area contributed by atoms with Crippen molar-refractivity contribution in [3.8, 4) is 5.75 Å². The van der Waals surface area contributed by atoms with Crippen LogP contribution in [0, 0.1) is 5.82 Å². The summed E-state index contributed by atoms with van der Waals surface area (Å²) in [6.45, 7) is 4.37. The van der Waals surface area contributed by atoms with Gasteiger partial charge in [-0.3, -0.25) is 0 Å². The first kappa shape index (κ1) is 22.5. The summed E-state index contributed by atoms with van der Waals surface area (Å²) in [5, 5.41) is 5.55. The SMILES string of the molecule is COc1cccc(C(CNC(=O)Nc2ccc(N(C)C(C)C)c(F)c2)N(C)C)c1. The summed E-state index contributed by atoms with van der Waals surface area (Å²) in [7, 11) is 7.35. The predicted octanol–water partition coefficient (Wildman–Crippen LogP) is 4.10. The Morgan fingerprint density at radius 2 is 1.86 bits per heavy atom. The largest absolute Gasteiger partial charge is 0.497 e. The van der Waals surface area contributed by atoms with E-state index in [-0.39, 0.29) is 23.9 Å². The summed E-state index contributed by atoms with van der Waals surface area (Å²) in [4.78, 5) is 16.2. The Morgan fingerprint density at radius 3 is 2.45 bits per heavy atom. The van der Waals surface area contributed by atoms with Gasteiger partial charge in [0.25, 0.3) is 0 Å². The Bertz CT molecular complexity index is 826. The zero-order valence-electron chi connectivity index (χ0n) is 18.0. The van der Waals surface area contributed by atoms with Crippen LogP contribution in [0.3, 0.4) is 0 Å². The van der Waals surface area contributed by atoms with Gasteiger partial charge in [-0.15, -0.1) is 0 Å². The average molecular weight is 403 g/mol.